The molecule has 4 nitrogen and oxygen atoms in total. The van der Waals surface area contributed by atoms with Gasteiger partial charge in [0.25, 0.3) is 0 Å². The first-order valence-corrected chi connectivity index (χ1v) is 5.96. The summed E-state index contributed by atoms with van der Waals surface area (Å²) in [5.41, 5.74) is 1.10. The third kappa shape index (κ3) is 2.42. The Kier molecular flexibility index (Phi) is 2.73. The van der Waals surface area contributed by atoms with Crippen LogP contribution in [0, 0.1) is 0 Å². The van der Waals surface area contributed by atoms with Crippen molar-refractivity contribution in [1.82, 2.24) is 14.5 Å². The lowest BCUT2D eigenvalue weighted by Gasteiger charge is -2.08. The second-order valence-electron chi connectivity index (χ2n) is 4.13. The van der Waals surface area contributed by atoms with Crippen molar-refractivity contribution in [1.29, 1.82) is 0 Å². The lowest BCUT2D eigenvalue weighted by Crippen LogP contribution is -2.03. The molecule has 5 heteroatoms. The van der Waals surface area contributed by atoms with Gasteiger partial charge < -0.3 is 9.30 Å². The molecule has 0 aromatic carbocycles. The van der Waals surface area contributed by atoms with Crippen molar-refractivity contribution in [2.75, 3.05) is 0 Å². The minimum atomic E-state index is 0.473. The van der Waals surface area contributed by atoms with Crippen LogP contribution in [-0.4, -0.2) is 14.5 Å². The predicted octanol–water partition coefficient (Wildman–Crippen LogP) is 2.85. The van der Waals surface area contributed by atoms with Crippen LogP contribution in [0.1, 0.15) is 24.6 Å². The molecular formula is C12H12ClN3O. The fraction of sp³-hybridized carbons (Fsp3) is 0.333. The van der Waals surface area contributed by atoms with E-state index < -0.39 is 0 Å². The van der Waals surface area contributed by atoms with E-state index in [1.165, 1.54) is 12.8 Å². The molecular weight excluding hydrogens is 238 g/mol. The van der Waals surface area contributed by atoms with Crippen LogP contribution >= 0.6 is 11.6 Å². The zero-order valence-electron chi connectivity index (χ0n) is 9.21. The van der Waals surface area contributed by atoms with Gasteiger partial charge in [-0.05, 0) is 25.0 Å². The smallest absolute Gasteiger partial charge is 0.138 e. The molecule has 0 spiro atoms. The quantitative estimate of drug-likeness (QED) is 0.783. The zero-order valence-corrected chi connectivity index (χ0v) is 9.97. The lowest BCUT2D eigenvalue weighted by atomic mass is 10.4. The van der Waals surface area contributed by atoms with Crippen molar-refractivity contribution in [3.8, 4) is 5.75 Å². The first-order chi connectivity index (χ1) is 8.33. The molecule has 1 aliphatic carbocycles. The second kappa shape index (κ2) is 4.37. The molecule has 0 atom stereocenters. The van der Waals surface area contributed by atoms with E-state index in [4.69, 9.17) is 16.3 Å². The summed E-state index contributed by atoms with van der Waals surface area (Å²) >= 11 is 5.71. The van der Waals surface area contributed by atoms with Gasteiger partial charge in [-0.25, -0.2) is 9.97 Å². The third-order valence-electron chi connectivity index (χ3n) is 2.77. The number of hydrogen-bond acceptors (Lipinski definition) is 3. The first-order valence-electron chi connectivity index (χ1n) is 5.58. The summed E-state index contributed by atoms with van der Waals surface area (Å²) in [5, 5.41) is 0.473. The van der Waals surface area contributed by atoms with Gasteiger partial charge in [-0.1, -0.05) is 11.6 Å². The van der Waals surface area contributed by atoms with Gasteiger partial charge in [0.15, 0.2) is 0 Å². The van der Waals surface area contributed by atoms with E-state index >= 15 is 0 Å². The fourth-order valence-electron chi connectivity index (χ4n) is 1.73. The van der Waals surface area contributed by atoms with Crippen molar-refractivity contribution < 1.29 is 4.74 Å². The molecule has 88 valence electrons. The van der Waals surface area contributed by atoms with Crippen LogP contribution < -0.4 is 4.74 Å². The number of imidazole rings is 1. The van der Waals surface area contributed by atoms with E-state index in [0.29, 0.717) is 17.8 Å². The molecule has 0 N–H and O–H groups in total. The number of aromatic nitrogens is 3. The summed E-state index contributed by atoms with van der Waals surface area (Å²) < 4.78 is 7.83. The molecule has 17 heavy (non-hydrogen) atoms. The average molecular weight is 250 g/mol. The van der Waals surface area contributed by atoms with Gasteiger partial charge in [-0.3, -0.25) is 0 Å². The Bertz CT molecular complexity index is 505. The van der Waals surface area contributed by atoms with E-state index in [1.807, 2.05) is 18.6 Å². The van der Waals surface area contributed by atoms with Gasteiger partial charge in [0.2, 0.25) is 0 Å². The van der Waals surface area contributed by atoms with Gasteiger partial charge in [-0.2, -0.15) is 0 Å². The monoisotopic (exact) mass is 249 g/mol. The molecule has 0 aliphatic heterocycles. The molecule has 0 unspecified atom stereocenters. The van der Waals surface area contributed by atoms with E-state index in [2.05, 4.69) is 14.5 Å². The molecule has 1 aliphatic rings. The largest absolute Gasteiger partial charge is 0.486 e. The van der Waals surface area contributed by atoms with Crippen molar-refractivity contribution in [3.63, 3.8) is 0 Å². The lowest BCUT2D eigenvalue weighted by molar-refractivity contribution is 0.293. The van der Waals surface area contributed by atoms with E-state index in [-0.39, 0.29) is 0 Å². The number of ether oxygens (including phenoxy) is 1. The van der Waals surface area contributed by atoms with Crippen LogP contribution in [0.3, 0.4) is 0 Å². The molecule has 0 bridgehead atoms. The molecule has 2 aromatic heterocycles. The van der Waals surface area contributed by atoms with Gasteiger partial charge in [0.05, 0.1) is 24.4 Å². The van der Waals surface area contributed by atoms with Crippen LogP contribution in [0.4, 0.5) is 0 Å². The molecule has 1 saturated carbocycles. The maximum atomic E-state index is 5.71. The topological polar surface area (TPSA) is 39.9 Å². The van der Waals surface area contributed by atoms with Crippen LogP contribution in [0.2, 0.25) is 5.15 Å². The Hall–Kier alpha value is -1.55. The third-order valence-corrected chi connectivity index (χ3v) is 3.00. The van der Waals surface area contributed by atoms with Crippen molar-refractivity contribution in [2.45, 2.75) is 25.5 Å². The van der Waals surface area contributed by atoms with Crippen LogP contribution in [-0.2, 0) is 6.61 Å². The molecule has 2 heterocycles. The Morgan fingerprint density at radius 1 is 1.35 bits per heavy atom. The van der Waals surface area contributed by atoms with Crippen molar-refractivity contribution in [2.24, 2.45) is 0 Å². The molecule has 0 amide bonds. The summed E-state index contributed by atoms with van der Waals surface area (Å²) in [4.78, 5) is 8.12. The SMILES string of the molecule is Clc1ccc(OCc2cncn2C2CC2)cn1. The van der Waals surface area contributed by atoms with Crippen LogP contribution in [0.15, 0.2) is 30.9 Å². The van der Waals surface area contributed by atoms with Gasteiger partial charge in [0, 0.05) is 6.04 Å². The first kappa shape index (κ1) is 10.6. The van der Waals surface area contributed by atoms with E-state index in [0.717, 1.165) is 11.4 Å². The van der Waals surface area contributed by atoms with Crippen molar-refractivity contribution >= 4 is 11.6 Å². The highest BCUT2D eigenvalue weighted by Gasteiger charge is 2.25. The van der Waals surface area contributed by atoms with E-state index in [9.17, 15) is 0 Å². The maximum absolute atomic E-state index is 5.71. The molecule has 1 fully saturated rings. The van der Waals surface area contributed by atoms with Gasteiger partial charge in [0.1, 0.15) is 17.5 Å². The summed E-state index contributed by atoms with van der Waals surface area (Å²) in [6.07, 6.45) is 7.83. The highest BCUT2D eigenvalue weighted by atomic mass is 35.5. The normalized spacial score (nSPS) is 14.9. The Balaban J connectivity index is 1.67. The van der Waals surface area contributed by atoms with Crippen LogP contribution in [0.5, 0.6) is 5.75 Å². The Morgan fingerprint density at radius 3 is 2.94 bits per heavy atom. The Labute approximate surface area is 104 Å². The summed E-state index contributed by atoms with van der Waals surface area (Å²) in [6.45, 7) is 0.514. The number of hydrogen-bond donors (Lipinski definition) is 0. The number of nitrogens with zero attached hydrogens (tertiary/aromatic N) is 3. The molecule has 2 aromatic rings. The summed E-state index contributed by atoms with van der Waals surface area (Å²) in [7, 11) is 0. The summed E-state index contributed by atoms with van der Waals surface area (Å²) in [6, 6.07) is 4.15. The highest BCUT2D eigenvalue weighted by Crippen LogP contribution is 2.35. The van der Waals surface area contributed by atoms with Crippen LogP contribution in [0.25, 0.3) is 0 Å². The maximum Gasteiger partial charge on any atom is 0.138 e. The number of rotatable bonds is 4. The Morgan fingerprint density at radius 2 is 2.24 bits per heavy atom. The van der Waals surface area contributed by atoms with Gasteiger partial charge >= 0.3 is 0 Å². The zero-order chi connectivity index (χ0) is 11.7. The number of pyridine rings is 1. The van der Waals surface area contributed by atoms with Crippen molar-refractivity contribution in [3.05, 3.63) is 41.7 Å². The fourth-order valence-corrected chi connectivity index (χ4v) is 1.84. The standard InChI is InChI=1S/C12H12ClN3O/c13-12-4-3-11(6-15-12)17-7-10-5-14-8-16(10)9-1-2-9/h3-6,8-9H,1-2,7H2. The van der Waals surface area contributed by atoms with Gasteiger partial charge in [-0.15, -0.1) is 0 Å². The average Bonchev–Trinajstić information content (AvgIpc) is 3.08. The molecule has 0 radical (unpaired) electrons. The molecule has 0 saturated heterocycles. The highest BCUT2D eigenvalue weighted by molar-refractivity contribution is 6.29. The predicted molar refractivity (Wildman–Crippen MR) is 64.1 cm³/mol. The second-order valence-corrected chi connectivity index (χ2v) is 4.52. The minimum absolute atomic E-state index is 0.473. The summed E-state index contributed by atoms with van der Waals surface area (Å²) in [5.74, 6) is 0.720. The minimum Gasteiger partial charge on any atom is -0.486 e. The van der Waals surface area contributed by atoms with E-state index in [1.54, 1.807) is 12.3 Å². The number of halogens is 1. The molecule has 3 rings (SSSR count).